The van der Waals surface area contributed by atoms with Crippen molar-refractivity contribution in [3.05, 3.63) is 39.9 Å². The zero-order valence-corrected chi connectivity index (χ0v) is 8.30. The van der Waals surface area contributed by atoms with Gasteiger partial charge in [-0.25, -0.2) is 0 Å². The Balaban J connectivity index is 3.19. The molecule has 0 saturated heterocycles. The highest BCUT2D eigenvalue weighted by Crippen LogP contribution is 2.19. The monoisotopic (exact) mass is 221 g/mol. The second-order valence-electron chi connectivity index (χ2n) is 2.35. The summed E-state index contributed by atoms with van der Waals surface area (Å²) < 4.78 is 1.01. The second kappa shape index (κ2) is 4.08. The van der Waals surface area contributed by atoms with E-state index in [2.05, 4.69) is 22.0 Å². The largest absolute Gasteiger partial charge is 0.192 e. The average molecular weight is 222 g/mol. The van der Waals surface area contributed by atoms with E-state index in [1.54, 1.807) is 6.07 Å². The molecule has 0 spiro atoms. The van der Waals surface area contributed by atoms with Crippen LogP contribution in [0, 0.1) is 11.3 Å². The minimum Gasteiger partial charge on any atom is -0.192 e. The molecule has 60 valence electrons. The van der Waals surface area contributed by atoms with Crippen LogP contribution in [0.5, 0.6) is 0 Å². The van der Waals surface area contributed by atoms with Gasteiger partial charge < -0.3 is 0 Å². The third-order valence-corrected chi connectivity index (χ3v) is 2.19. The van der Waals surface area contributed by atoms with Crippen LogP contribution in [0.4, 0.5) is 0 Å². The van der Waals surface area contributed by atoms with Gasteiger partial charge in [0.15, 0.2) is 0 Å². The van der Waals surface area contributed by atoms with Crippen LogP contribution in [0.15, 0.2) is 28.7 Å². The molecule has 0 atom stereocenters. The van der Waals surface area contributed by atoms with Crippen LogP contribution in [-0.4, -0.2) is 0 Å². The number of allylic oxidation sites excluding steroid dienone is 1. The molecule has 0 aromatic heterocycles. The standard InChI is InChI=1S/C10H8BrN/c1-2-3-9-6-8(7-12)4-5-10(9)11/h2-6H,1H3/b3-2+. The van der Waals surface area contributed by atoms with Crippen molar-refractivity contribution in [2.75, 3.05) is 0 Å². The topological polar surface area (TPSA) is 23.8 Å². The quantitative estimate of drug-likeness (QED) is 0.714. The Morgan fingerprint density at radius 3 is 2.83 bits per heavy atom. The molecular formula is C10H8BrN. The fourth-order valence-corrected chi connectivity index (χ4v) is 1.30. The van der Waals surface area contributed by atoms with Crippen LogP contribution in [0.1, 0.15) is 18.1 Å². The van der Waals surface area contributed by atoms with Gasteiger partial charge >= 0.3 is 0 Å². The molecule has 0 unspecified atom stereocenters. The van der Waals surface area contributed by atoms with Gasteiger partial charge in [0.05, 0.1) is 11.6 Å². The Labute approximate surface area is 80.5 Å². The number of halogens is 1. The van der Waals surface area contributed by atoms with Gasteiger partial charge in [0.25, 0.3) is 0 Å². The number of nitriles is 1. The number of nitrogens with zero attached hydrogens (tertiary/aromatic N) is 1. The van der Waals surface area contributed by atoms with E-state index in [4.69, 9.17) is 5.26 Å². The van der Waals surface area contributed by atoms with E-state index in [0.29, 0.717) is 5.56 Å². The maximum absolute atomic E-state index is 8.63. The van der Waals surface area contributed by atoms with Gasteiger partial charge in [0.2, 0.25) is 0 Å². The molecule has 1 rings (SSSR count). The summed E-state index contributed by atoms with van der Waals surface area (Å²) in [6, 6.07) is 7.62. The number of hydrogen-bond acceptors (Lipinski definition) is 1. The van der Waals surface area contributed by atoms with Crippen LogP contribution in [0.2, 0.25) is 0 Å². The molecule has 1 nitrogen and oxygen atoms in total. The van der Waals surface area contributed by atoms with E-state index in [1.165, 1.54) is 0 Å². The molecule has 2 heteroatoms. The lowest BCUT2D eigenvalue weighted by molar-refractivity contribution is 1.47. The summed E-state index contributed by atoms with van der Waals surface area (Å²) in [6.45, 7) is 1.95. The molecule has 0 fully saturated rings. The van der Waals surface area contributed by atoms with Crippen LogP contribution < -0.4 is 0 Å². The summed E-state index contributed by atoms with van der Waals surface area (Å²) in [7, 11) is 0. The average Bonchev–Trinajstić information content (AvgIpc) is 2.09. The van der Waals surface area contributed by atoms with Crippen molar-refractivity contribution in [1.82, 2.24) is 0 Å². The lowest BCUT2D eigenvalue weighted by Gasteiger charge is -1.97. The van der Waals surface area contributed by atoms with Gasteiger partial charge in [0, 0.05) is 4.47 Å². The Bertz CT molecular complexity index is 347. The zero-order chi connectivity index (χ0) is 8.97. The fourth-order valence-electron chi connectivity index (χ4n) is 0.921. The number of rotatable bonds is 1. The molecule has 0 amide bonds. The molecule has 0 bridgehead atoms. The van der Waals surface area contributed by atoms with Crippen molar-refractivity contribution in [2.24, 2.45) is 0 Å². The third-order valence-electron chi connectivity index (χ3n) is 1.47. The smallest absolute Gasteiger partial charge is 0.0991 e. The maximum atomic E-state index is 8.63. The van der Waals surface area contributed by atoms with Crippen LogP contribution in [0.3, 0.4) is 0 Å². The summed E-state index contributed by atoms with van der Waals surface area (Å²) in [5.41, 5.74) is 1.72. The molecule has 0 heterocycles. The Morgan fingerprint density at radius 1 is 1.50 bits per heavy atom. The van der Waals surface area contributed by atoms with Crippen molar-refractivity contribution < 1.29 is 0 Å². The summed E-state index contributed by atoms with van der Waals surface area (Å²) in [5.74, 6) is 0. The van der Waals surface area contributed by atoms with E-state index >= 15 is 0 Å². The lowest BCUT2D eigenvalue weighted by atomic mass is 10.1. The summed E-state index contributed by atoms with van der Waals surface area (Å²) >= 11 is 3.40. The van der Waals surface area contributed by atoms with Crippen molar-refractivity contribution in [1.29, 1.82) is 5.26 Å². The molecule has 0 saturated carbocycles. The molecule has 1 aromatic rings. The summed E-state index contributed by atoms with van der Waals surface area (Å²) in [6.07, 6.45) is 3.91. The first-order valence-electron chi connectivity index (χ1n) is 3.60. The second-order valence-corrected chi connectivity index (χ2v) is 3.20. The van der Waals surface area contributed by atoms with Crippen molar-refractivity contribution in [3.63, 3.8) is 0 Å². The van der Waals surface area contributed by atoms with E-state index in [0.717, 1.165) is 10.0 Å². The fraction of sp³-hybridized carbons (Fsp3) is 0.100. The van der Waals surface area contributed by atoms with Gasteiger partial charge in [0.1, 0.15) is 0 Å². The highest BCUT2D eigenvalue weighted by atomic mass is 79.9. The van der Waals surface area contributed by atoms with Gasteiger partial charge in [-0.2, -0.15) is 5.26 Å². The Morgan fingerprint density at radius 2 is 2.25 bits per heavy atom. The molecule has 1 aromatic carbocycles. The zero-order valence-electron chi connectivity index (χ0n) is 6.71. The molecule has 0 aliphatic carbocycles. The van der Waals surface area contributed by atoms with Crippen molar-refractivity contribution >= 4 is 22.0 Å². The van der Waals surface area contributed by atoms with E-state index in [1.807, 2.05) is 31.2 Å². The third kappa shape index (κ3) is 1.96. The first kappa shape index (κ1) is 9.02. The minimum atomic E-state index is 0.686. The minimum absolute atomic E-state index is 0.686. The van der Waals surface area contributed by atoms with E-state index in [9.17, 15) is 0 Å². The first-order valence-corrected chi connectivity index (χ1v) is 4.39. The molecule has 12 heavy (non-hydrogen) atoms. The van der Waals surface area contributed by atoms with Gasteiger partial charge in [-0.15, -0.1) is 0 Å². The SMILES string of the molecule is C/C=C/c1cc(C#N)ccc1Br. The van der Waals surface area contributed by atoms with E-state index in [-0.39, 0.29) is 0 Å². The lowest BCUT2D eigenvalue weighted by Crippen LogP contribution is -1.78. The van der Waals surface area contributed by atoms with Crippen LogP contribution >= 0.6 is 15.9 Å². The first-order chi connectivity index (χ1) is 5.77. The predicted molar refractivity (Wildman–Crippen MR) is 53.6 cm³/mol. The van der Waals surface area contributed by atoms with Crippen molar-refractivity contribution in [3.8, 4) is 6.07 Å². The van der Waals surface area contributed by atoms with E-state index < -0.39 is 0 Å². The molecule has 0 radical (unpaired) electrons. The summed E-state index contributed by atoms with van der Waals surface area (Å²) in [4.78, 5) is 0. The van der Waals surface area contributed by atoms with Crippen LogP contribution in [0.25, 0.3) is 6.08 Å². The van der Waals surface area contributed by atoms with Crippen LogP contribution in [-0.2, 0) is 0 Å². The Hall–Kier alpha value is -1.07. The summed E-state index contributed by atoms with van der Waals surface area (Å²) in [5, 5.41) is 8.63. The van der Waals surface area contributed by atoms with Gasteiger partial charge in [-0.05, 0) is 30.7 Å². The van der Waals surface area contributed by atoms with Gasteiger partial charge in [-0.3, -0.25) is 0 Å². The molecular weight excluding hydrogens is 214 g/mol. The number of benzene rings is 1. The predicted octanol–water partition coefficient (Wildman–Crippen LogP) is 3.35. The maximum Gasteiger partial charge on any atom is 0.0991 e. The normalized spacial score (nSPS) is 10.1. The highest BCUT2D eigenvalue weighted by Gasteiger charge is 1.96. The van der Waals surface area contributed by atoms with Gasteiger partial charge in [-0.1, -0.05) is 28.1 Å². The highest BCUT2D eigenvalue weighted by molar-refractivity contribution is 9.10. The Kier molecular flexibility index (Phi) is 3.07. The number of hydrogen-bond donors (Lipinski definition) is 0. The molecule has 0 aliphatic rings. The molecule has 0 N–H and O–H groups in total. The molecule has 0 aliphatic heterocycles. The van der Waals surface area contributed by atoms with Crippen molar-refractivity contribution in [2.45, 2.75) is 6.92 Å².